The van der Waals surface area contributed by atoms with Gasteiger partial charge in [0.05, 0.1) is 6.54 Å². The van der Waals surface area contributed by atoms with E-state index in [1.807, 2.05) is 4.90 Å². The second-order valence-corrected chi connectivity index (χ2v) is 9.38. The maximum atomic E-state index is 14.7. The van der Waals surface area contributed by atoms with Crippen molar-refractivity contribution in [2.75, 3.05) is 33.7 Å². The predicted octanol–water partition coefficient (Wildman–Crippen LogP) is 3.41. The highest BCUT2D eigenvalue weighted by molar-refractivity contribution is 6.02. The smallest absolute Gasteiger partial charge is 0.236 e. The molecule has 3 aromatic rings. The number of likely N-dealkylation sites (tertiary alicyclic amines) is 1. The standard InChI is InChI=1S/C28H29FN4O3/c1-18-21(5-4-6-24(18)29)26-22(27(35)19-7-11-30-12-8-19)15-33(17-25(34)32(2)3)16-23(26)28(36)20-9-13-31-14-10-20/h4-14,22-23,26H,15-17H2,1-3H3. The van der Waals surface area contributed by atoms with E-state index in [-0.39, 0.29) is 42.9 Å². The Morgan fingerprint density at radius 2 is 1.39 bits per heavy atom. The molecule has 186 valence electrons. The number of hydrogen-bond acceptors (Lipinski definition) is 6. The number of likely N-dealkylation sites (N-methyl/N-ethyl adjacent to an activating group) is 1. The van der Waals surface area contributed by atoms with E-state index in [1.54, 1.807) is 82.2 Å². The molecule has 7 nitrogen and oxygen atoms in total. The third-order valence-electron chi connectivity index (χ3n) is 6.91. The van der Waals surface area contributed by atoms with Gasteiger partial charge in [0.1, 0.15) is 5.82 Å². The summed E-state index contributed by atoms with van der Waals surface area (Å²) in [6.07, 6.45) is 6.19. The molecule has 1 fully saturated rings. The molecule has 0 bridgehead atoms. The van der Waals surface area contributed by atoms with Crippen molar-refractivity contribution in [3.05, 3.63) is 95.3 Å². The first-order valence-electron chi connectivity index (χ1n) is 11.8. The highest BCUT2D eigenvalue weighted by atomic mass is 19.1. The molecule has 0 saturated carbocycles. The lowest BCUT2D eigenvalue weighted by Gasteiger charge is -2.43. The topological polar surface area (TPSA) is 83.5 Å². The Labute approximate surface area is 210 Å². The Morgan fingerprint density at radius 3 is 1.86 bits per heavy atom. The minimum Gasteiger partial charge on any atom is -0.348 e. The van der Waals surface area contributed by atoms with Crippen molar-refractivity contribution in [3.8, 4) is 0 Å². The van der Waals surface area contributed by atoms with Gasteiger partial charge in [-0.15, -0.1) is 0 Å². The van der Waals surface area contributed by atoms with Crippen molar-refractivity contribution in [1.82, 2.24) is 19.8 Å². The van der Waals surface area contributed by atoms with Gasteiger partial charge in [-0.3, -0.25) is 29.3 Å². The summed E-state index contributed by atoms with van der Waals surface area (Å²) in [5, 5.41) is 0. The molecule has 0 radical (unpaired) electrons. The number of rotatable bonds is 7. The molecule has 2 atom stereocenters. The van der Waals surface area contributed by atoms with E-state index in [1.165, 1.54) is 11.0 Å². The highest BCUT2D eigenvalue weighted by Crippen LogP contribution is 2.42. The van der Waals surface area contributed by atoms with Gasteiger partial charge in [-0.05, 0) is 48.4 Å². The third kappa shape index (κ3) is 5.23. The summed E-state index contributed by atoms with van der Waals surface area (Å²) in [6.45, 7) is 2.28. The molecule has 0 spiro atoms. The zero-order valence-electron chi connectivity index (χ0n) is 20.6. The average Bonchev–Trinajstić information content (AvgIpc) is 2.90. The number of pyridine rings is 2. The van der Waals surface area contributed by atoms with E-state index in [9.17, 15) is 18.8 Å². The van der Waals surface area contributed by atoms with Crippen LogP contribution in [0.5, 0.6) is 0 Å². The Bertz CT molecular complexity index is 1190. The second kappa shape index (κ2) is 10.9. The Kier molecular flexibility index (Phi) is 7.64. The van der Waals surface area contributed by atoms with Crippen LogP contribution in [0, 0.1) is 24.6 Å². The first-order chi connectivity index (χ1) is 17.3. The minimum atomic E-state index is -0.674. The molecule has 1 aliphatic heterocycles. The number of carbonyl (C=O) groups excluding carboxylic acids is 3. The first kappa shape index (κ1) is 25.3. The molecule has 0 aliphatic carbocycles. The molecule has 1 amide bonds. The van der Waals surface area contributed by atoms with Crippen molar-refractivity contribution in [2.45, 2.75) is 12.8 Å². The summed E-state index contributed by atoms with van der Waals surface area (Å²) in [6, 6.07) is 11.3. The van der Waals surface area contributed by atoms with Gasteiger partial charge in [-0.1, -0.05) is 12.1 Å². The molecule has 0 N–H and O–H groups in total. The summed E-state index contributed by atoms with van der Waals surface area (Å²) >= 11 is 0. The van der Waals surface area contributed by atoms with Gasteiger partial charge in [0.25, 0.3) is 0 Å². The fraction of sp³-hybridized carbons (Fsp3) is 0.321. The van der Waals surface area contributed by atoms with E-state index in [2.05, 4.69) is 9.97 Å². The molecule has 1 aliphatic rings. The Hall–Kier alpha value is -3.78. The fourth-order valence-corrected chi connectivity index (χ4v) is 4.97. The lowest BCUT2D eigenvalue weighted by molar-refractivity contribution is -0.130. The first-order valence-corrected chi connectivity index (χ1v) is 11.8. The van der Waals surface area contributed by atoms with Crippen LogP contribution in [0.2, 0.25) is 0 Å². The number of carbonyl (C=O) groups is 3. The Balaban J connectivity index is 1.85. The summed E-state index contributed by atoms with van der Waals surface area (Å²) < 4.78 is 14.7. The molecule has 4 rings (SSSR count). The maximum absolute atomic E-state index is 14.7. The number of aromatic nitrogens is 2. The van der Waals surface area contributed by atoms with Crippen LogP contribution in [-0.2, 0) is 4.79 Å². The summed E-state index contributed by atoms with van der Waals surface area (Å²) in [5.41, 5.74) is 1.98. The molecule has 1 aromatic carbocycles. The zero-order valence-corrected chi connectivity index (χ0v) is 20.6. The van der Waals surface area contributed by atoms with E-state index < -0.39 is 17.8 Å². The van der Waals surface area contributed by atoms with Crippen LogP contribution in [0.3, 0.4) is 0 Å². The number of amides is 1. The Morgan fingerprint density at radius 1 is 0.889 bits per heavy atom. The third-order valence-corrected chi connectivity index (χ3v) is 6.91. The SMILES string of the molecule is Cc1c(F)cccc1C1C(C(=O)c2ccncc2)CN(CC(=O)N(C)C)CC1C(=O)c1ccncc1. The summed E-state index contributed by atoms with van der Waals surface area (Å²) in [4.78, 5) is 51.7. The number of halogens is 1. The van der Waals surface area contributed by atoms with Crippen molar-refractivity contribution in [2.24, 2.45) is 11.8 Å². The van der Waals surface area contributed by atoms with Gasteiger partial charge in [-0.25, -0.2) is 4.39 Å². The summed E-state index contributed by atoms with van der Waals surface area (Å²) in [7, 11) is 3.34. The summed E-state index contributed by atoms with van der Waals surface area (Å²) in [5.74, 6) is -2.77. The van der Waals surface area contributed by atoms with Crippen molar-refractivity contribution < 1.29 is 18.8 Å². The van der Waals surface area contributed by atoms with Gasteiger partial charge in [0.15, 0.2) is 11.6 Å². The molecular weight excluding hydrogens is 459 g/mol. The molecular formula is C28H29FN4O3. The van der Waals surface area contributed by atoms with E-state index in [0.29, 0.717) is 22.3 Å². The molecule has 2 aromatic heterocycles. The van der Waals surface area contributed by atoms with Crippen LogP contribution in [0.4, 0.5) is 4.39 Å². The second-order valence-electron chi connectivity index (χ2n) is 9.38. The van der Waals surface area contributed by atoms with Crippen LogP contribution in [0.25, 0.3) is 0 Å². The lowest BCUT2D eigenvalue weighted by atomic mass is 9.68. The monoisotopic (exact) mass is 488 g/mol. The predicted molar refractivity (Wildman–Crippen MR) is 133 cm³/mol. The largest absolute Gasteiger partial charge is 0.348 e. The number of benzene rings is 1. The van der Waals surface area contributed by atoms with Crippen LogP contribution in [0.1, 0.15) is 37.8 Å². The molecule has 2 unspecified atom stereocenters. The zero-order chi connectivity index (χ0) is 25.8. The van der Waals surface area contributed by atoms with Gasteiger partial charge < -0.3 is 4.90 Å². The molecule has 1 saturated heterocycles. The fourth-order valence-electron chi connectivity index (χ4n) is 4.97. The normalized spacial score (nSPS) is 20.1. The number of piperidine rings is 1. The quantitative estimate of drug-likeness (QED) is 0.474. The van der Waals surface area contributed by atoms with Gasteiger partial charge >= 0.3 is 0 Å². The van der Waals surface area contributed by atoms with Gasteiger partial charge in [0.2, 0.25) is 5.91 Å². The highest BCUT2D eigenvalue weighted by Gasteiger charge is 2.45. The number of hydrogen-bond donors (Lipinski definition) is 0. The van der Waals surface area contributed by atoms with Gasteiger partial charge in [0, 0.05) is 80.9 Å². The van der Waals surface area contributed by atoms with E-state index in [4.69, 9.17) is 0 Å². The van der Waals surface area contributed by atoms with E-state index >= 15 is 0 Å². The van der Waals surface area contributed by atoms with E-state index in [0.717, 1.165) is 0 Å². The number of ketones is 2. The van der Waals surface area contributed by atoms with Crippen molar-refractivity contribution >= 4 is 17.5 Å². The van der Waals surface area contributed by atoms with Crippen molar-refractivity contribution in [1.29, 1.82) is 0 Å². The van der Waals surface area contributed by atoms with Crippen LogP contribution >= 0.6 is 0 Å². The average molecular weight is 489 g/mol. The number of Topliss-reactive ketones (excluding diaryl/α,β-unsaturated/α-hetero) is 2. The molecule has 3 heterocycles. The van der Waals surface area contributed by atoms with Crippen molar-refractivity contribution in [3.63, 3.8) is 0 Å². The van der Waals surface area contributed by atoms with Crippen LogP contribution < -0.4 is 0 Å². The molecule has 36 heavy (non-hydrogen) atoms. The lowest BCUT2D eigenvalue weighted by Crippen LogP contribution is -2.52. The number of nitrogens with zero attached hydrogens (tertiary/aromatic N) is 4. The van der Waals surface area contributed by atoms with Crippen LogP contribution in [-0.4, -0.2) is 71.0 Å². The maximum Gasteiger partial charge on any atom is 0.236 e. The van der Waals surface area contributed by atoms with Crippen LogP contribution in [0.15, 0.2) is 67.3 Å². The molecule has 8 heteroatoms. The minimum absolute atomic E-state index is 0.0715. The van der Waals surface area contributed by atoms with Gasteiger partial charge in [-0.2, -0.15) is 0 Å².